The summed E-state index contributed by atoms with van der Waals surface area (Å²) in [6.07, 6.45) is 3.12. The van der Waals surface area contributed by atoms with Crippen molar-refractivity contribution in [2.45, 2.75) is 12.5 Å². The van der Waals surface area contributed by atoms with Crippen LogP contribution in [0.25, 0.3) is 0 Å². The van der Waals surface area contributed by atoms with Crippen LogP contribution < -0.4 is 5.73 Å². The van der Waals surface area contributed by atoms with E-state index in [1.807, 2.05) is 6.07 Å². The lowest BCUT2D eigenvalue weighted by Crippen LogP contribution is -2.42. The first kappa shape index (κ1) is 10.5. The maximum Gasteiger partial charge on any atom is 0.332 e. The van der Waals surface area contributed by atoms with E-state index in [9.17, 15) is 4.79 Å². The zero-order chi connectivity index (χ0) is 10.6. The number of rotatable bonds is 3. The SMILES string of the molecule is CC=CC(N)(C(=O)O)c1ccccc1. The summed E-state index contributed by atoms with van der Waals surface area (Å²) >= 11 is 0. The van der Waals surface area contributed by atoms with Gasteiger partial charge in [0.2, 0.25) is 0 Å². The van der Waals surface area contributed by atoms with E-state index in [1.54, 1.807) is 37.3 Å². The van der Waals surface area contributed by atoms with Crippen LogP contribution in [0.3, 0.4) is 0 Å². The Morgan fingerprint density at radius 2 is 2.00 bits per heavy atom. The monoisotopic (exact) mass is 191 g/mol. The number of hydrogen-bond donors (Lipinski definition) is 2. The van der Waals surface area contributed by atoms with E-state index >= 15 is 0 Å². The molecule has 0 amide bonds. The topological polar surface area (TPSA) is 63.3 Å². The summed E-state index contributed by atoms with van der Waals surface area (Å²) in [5.74, 6) is -1.05. The molecule has 0 radical (unpaired) electrons. The Hall–Kier alpha value is -1.61. The Morgan fingerprint density at radius 1 is 1.43 bits per heavy atom. The molecular weight excluding hydrogens is 178 g/mol. The summed E-state index contributed by atoms with van der Waals surface area (Å²) in [6, 6.07) is 8.76. The molecule has 0 fully saturated rings. The average molecular weight is 191 g/mol. The van der Waals surface area contributed by atoms with Gasteiger partial charge in [-0.2, -0.15) is 0 Å². The Kier molecular flexibility index (Phi) is 3.04. The van der Waals surface area contributed by atoms with Gasteiger partial charge in [0.25, 0.3) is 0 Å². The van der Waals surface area contributed by atoms with E-state index in [0.717, 1.165) is 0 Å². The van der Waals surface area contributed by atoms with Gasteiger partial charge < -0.3 is 10.8 Å². The van der Waals surface area contributed by atoms with Crippen LogP contribution in [0.15, 0.2) is 42.5 Å². The molecule has 0 saturated heterocycles. The molecule has 1 atom stereocenters. The molecule has 1 aromatic rings. The fraction of sp³-hybridized carbons (Fsp3) is 0.182. The van der Waals surface area contributed by atoms with Crippen molar-refractivity contribution in [3.05, 3.63) is 48.0 Å². The van der Waals surface area contributed by atoms with Crippen molar-refractivity contribution in [1.82, 2.24) is 0 Å². The highest BCUT2D eigenvalue weighted by molar-refractivity contribution is 5.83. The maximum atomic E-state index is 11.0. The van der Waals surface area contributed by atoms with Crippen molar-refractivity contribution in [3.8, 4) is 0 Å². The average Bonchev–Trinajstić information content (AvgIpc) is 2.19. The van der Waals surface area contributed by atoms with Crippen LogP contribution in [0.4, 0.5) is 0 Å². The fourth-order valence-electron chi connectivity index (χ4n) is 1.27. The van der Waals surface area contributed by atoms with E-state index in [-0.39, 0.29) is 0 Å². The standard InChI is InChI=1S/C11H13NO2/c1-2-8-11(12,10(13)14)9-6-4-3-5-7-9/h2-8H,12H2,1H3,(H,13,14). The first-order valence-electron chi connectivity index (χ1n) is 4.33. The molecule has 0 aliphatic rings. The smallest absolute Gasteiger partial charge is 0.332 e. The second-order valence-corrected chi connectivity index (χ2v) is 3.04. The molecule has 1 rings (SSSR count). The third-order valence-corrected chi connectivity index (χ3v) is 2.03. The van der Waals surface area contributed by atoms with E-state index in [0.29, 0.717) is 5.56 Å². The molecule has 0 heterocycles. The van der Waals surface area contributed by atoms with Crippen molar-refractivity contribution in [3.63, 3.8) is 0 Å². The molecule has 1 unspecified atom stereocenters. The number of allylic oxidation sites excluding steroid dienone is 1. The number of hydrogen-bond acceptors (Lipinski definition) is 2. The Balaban J connectivity index is 3.19. The third-order valence-electron chi connectivity index (χ3n) is 2.03. The van der Waals surface area contributed by atoms with Crippen molar-refractivity contribution in [1.29, 1.82) is 0 Å². The second kappa shape index (κ2) is 4.07. The van der Waals surface area contributed by atoms with Crippen molar-refractivity contribution in [2.75, 3.05) is 0 Å². The van der Waals surface area contributed by atoms with Crippen molar-refractivity contribution in [2.24, 2.45) is 5.73 Å². The van der Waals surface area contributed by atoms with Gasteiger partial charge in [-0.25, -0.2) is 4.79 Å². The van der Waals surface area contributed by atoms with Gasteiger partial charge in [-0.3, -0.25) is 0 Å². The zero-order valence-electron chi connectivity index (χ0n) is 7.97. The van der Waals surface area contributed by atoms with Crippen LogP contribution in [0, 0.1) is 0 Å². The molecule has 1 aromatic carbocycles. The van der Waals surface area contributed by atoms with Crippen LogP contribution >= 0.6 is 0 Å². The summed E-state index contributed by atoms with van der Waals surface area (Å²) < 4.78 is 0. The summed E-state index contributed by atoms with van der Waals surface area (Å²) in [7, 11) is 0. The highest BCUT2D eigenvalue weighted by atomic mass is 16.4. The summed E-state index contributed by atoms with van der Waals surface area (Å²) in [4.78, 5) is 11.0. The second-order valence-electron chi connectivity index (χ2n) is 3.04. The zero-order valence-corrected chi connectivity index (χ0v) is 7.97. The van der Waals surface area contributed by atoms with Gasteiger partial charge in [0.15, 0.2) is 5.54 Å². The number of carboxylic acids is 1. The lowest BCUT2D eigenvalue weighted by Gasteiger charge is -2.20. The minimum absolute atomic E-state index is 0.575. The molecule has 14 heavy (non-hydrogen) atoms. The lowest BCUT2D eigenvalue weighted by molar-refractivity contribution is -0.141. The predicted molar refractivity (Wildman–Crippen MR) is 54.8 cm³/mol. The van der Waals surface area contributed by atoms with Gasteiger partial charge in [-0.05, 0) is 12.5 Å². The maximum absolute atomic E-state index is 11.0. The van der Waals surface area contributed by atoms with Crippen molar-refractivity contribution >= 4 is 5.97 Å². The molecule has 3 nitrogen and oxygen atoms in total. The van der Waals surface area contributed by atoms with E-state index in [2.05, 4.69) is 0 Å². The number of benzene rings is 1. The molecule has 74 valence electrons. The molecular formula is C11H13NO2. The quantitative estimate of drug-likeness (QED) is 0.712. The van der Waals surface area contributed by atoms with Gasteiger partial charge >= 0.3 is 5.97 Å². The minimum Gasteiger partial charge on any atom is -0.479 e. The number of carbonyl (C=O) groups is 1. The number of carboxylic acid groups (broad SMARTS) is 1. The summed E-state index contributed by atoms with van der Waals surface area (Å²) in [5, 5.41) is 9.04. The van der Waals surface area contributed by atoms with Gasteiger partial charge in [-0.1, -0.05) is 42.5 Å². The van der Waals surface area contributed by atoms with Crippen molar-refractivity contribution < 1.29 is 9.90 Å². The first-order chi connectivity index (χ1) is 6.61. The van der Waals surface area contributed by atoms with E-state index in [1.165, 1.54) is 6.08 Å². The van der Waals surface area contributed by atoms with Crippen LogP contribution in [0.1, 0.15) is 12.5 Å². The molecule has 0 aliphatic heterocycles. The molecule has 0 saturated carbocycles. The van der Waals surface area contributed by atoms with Crippen LogP contribution in [-0.2, 0) is 10.3 Å². The largest absolute Gasteiger partial charge is 0.479 e. The van der Waals surface area contributed by atoms with Crippen LogP contribution in [0.5, 0.6) is 0 Å². The van der Waals surface area contributed by atoms with Gasteiger partial charge in [-0.15, -0.1) is 0 Å². The van der Waals surface area contributed by atoms with Crippen LogP contribution in [-0.4, -0.2) is 11.1 Å². The third kappa shape index (κ3) is 1.83. The molecule has 3 N–H and O–H groups in total. The van der Waals surface area contributed by atoms with Gasteiger partial charge in [0.1, 0.15) is 0 Å². The van der Waals surface area contributed by atoms with E-state index < -0.39 is 11.5 Å². The molecule has 3 heteroatoms. The number of aliphatic carboxylic acids is 1. The molecule has 0 aromatic heterocycles. The van der Waals surface area contributed by atoms with Gasteiger partial charge in [0.05, 0.1) is 0 Å². The molecule has 0 spiro atoms. The fourth-order valence-corrected chi connectivity index (χ4v) is 1.27. The minimum atomic E-state index is -1.42. The van der Waals surface area contributed by atoms with Crippen LogP contribution in [0.2, 0.25) is 0 Å². The van der Waals surface area contributed by atoms with Gasteiger partial charge in [0, 0.05) is 0 Å². The number of nitrogens with two attached hydrogens (primary N) is 1. The Bertz CT molecular complexity index is 346. The first-order valence-corrected chi connectivity index (χ1v) is 4.33. The highest BCUT2D eigenvalue weighted by Gasteiger charge is 2.32. The summed E-state index contributed by atoms with van der Waals surface area (Å²) in [6.45, 7) is 1.74. The van der Waals surface area contributed by atoms with E-state index in [4.69, 9.17) is 10.8 Å². The Labute approximate surface area is 82.9 Å². The highest BCUT2D eigenvalue weighted by Crippen LogP contribution is 2.19. The normalized spacial score (nSPS) is 15.3. The predicted octanol–water partition coefficient (Wildman–Crippen LogP) is 1.50. The summed E-state index contributed by atoms with van der Waals surface area (Å²) in [5.41, 5.74) is 4.94. The molecule has 0 aliphatic carbocycles. The lowest BCUT2D eigenvalue weighted by atomic mass is 9.91. The molecule has 0 bridgehead atoms. The Morgan fingerprint density at radius 3 is 2.43 bits per heavy atom.